The predicted octanol–water partition coefficient (Wildman–Crippen LogP) is 1.02. The zero-order valence-electron chi connectivity index (χ0n) is 12.7. The zero-order valence-corrected chi connectivity index (χ0v) is 13.5. The molecule has 1 aliphatic heterocycles. The number of amides is 2. The third kappa shape index (κ3) is 5.14. The van der Waals surface area contributed by atoms with Crippen LogP contribution in [-0.2, 0) is 14.6 Å². The van der Waals surface area contributed by atoms with Gasteiger partial charge in [-0.1, -0.05) is 19.8 Å². The van der Waals surface area contributed by atoms with Crippen molar-refractivity contribution in [1.29, 1.82) is 0 Å². The molecule has 1 saturated carbocycles. The lowest BCUT2D eigenvalue weighted by Crippen LogP contribution is -2.48. The molecule has 0 aromatic carbocycles. The topological polar surface area (TPSA) is 75.7 Å². The van der Waals surface area contributed by atoms with Crippen molar-refractivity contribution in [2.75, 3.05) is 37.7 Å². The number of rotatable bonds is 4. The van der Waals surface area contributed by atoms with Crippen molar-refractivity contribution in [2.24, 2.45) is 5.92 Å². The molecule has 1 heterocycles. The molecular weight excluding hydrogens is 292 g/mol. The maximum absolute atomic E-state index is 11.9. The predicted molar refractivity (Wildman–Crippen MR) is 81.0 cm³/mol. The maximum Gasteiger partial charge on any atom is 0.317 e. The van der Waals surface area contributed by atoms with Crippen LogP contribution in [0.2, 0.25) is 0 Å². The van der Waals surface area contributed by atoms with Crippen LogP contribution in [0.15, 0.2) is 0 Å². The van der Waals surface area contributed by atoms with Gasteiger partial charge in [0.25, 0.3) is 0 Å². The van der Waals surface area contributed by atoms with Crippen LogP contribution in [0.1, 0.15) is 32.6 Å². The molecule has 2 amide bonds. The summed E-state index contributed by atoms with van der Waals surface area (Å²) in [7, 11) is -2.94. The second-order valence-electron chi connectivity index (χ2n) is 6.04. The molecule has 2 unspecified atom stereocenters. The number of urea groups is 1. The molecule has 0 bridgehead atoms. The highest BCUT2D eigenvalue weighted by atomic mass is 32.2. The molecule has 21 heavy (non-hydrogen) atoms. The number of sulfone groups is 1. The fourth-order valence-electron chi connectivity index (χ4n) is 2.93. The lowest BCUT2D eigenvalue weighted by molar-refractivity contribution is -0.00269. The highest BCUT2D eigenvalue weighted by Gasteiger charge is 2.25. The van der Waals surface area contributed by atoms with Crippen molar-refractivity contribution >= 4 is 15.9 Å². The average molecular weight is 318 g/mol. The Hall–Kier alpha value is -0.820. The summed E-state index contributed by atoms with van der Waals surface area (Å²) in [5.74, 6) is 0.731. The Morgan fingerprint density at radius 3 is 2.57 bits per heavy atom. The minimum absolute atomic E-state index is 0.0660. The zero-order chi connectivity index (χ0) is 15.3. The van der Waals surface area contributed by atoms with Crippen LogP contribution < -0.4 is 5.32 Å². The summed E-state index contributed by atoms with van der Waals surface area (Å²) in [6.45, 7) is 3.79. The van der Waals surface area contributed by atoms with Gasteiger partial charge < -0.3 is 15.0 Å². The van der Waals surface area contributed by atoms with Crippen LogP contribution in [0, 0.1) is 5.92 Å². The van der Waals surface area contributed by atoms with E-state index in [1.54, 1.807) is 4.90 Å². The van der Waals surface area contributed by atoms with Crippen molar-refractivity contribution in [3.8, 4) is 0 Å². The Labute approximate surface area is 127 Å². The number of carbonyl (C=O) groups is 1. The summed E-state index contributed by atoms with van der Waals surface area (Å²) in [4.78, 5) is 13.4. The van der Waals surface area contributed by atoms with E-state index in [9.17, 15) is 13.2 Å². The lowest BCUT2D eigenvalue weighted by Gasteiger charge is -2.29. The SMILES string of the molecule is CC1CCCCC1OCCNC(=O)N1CCS(=O)(=O)CC1. The van der Waals surface area contributed by atoms with Gasteiger partial charge in [-0.3, -0.25) is 0 Å². The first-order valence-electron chi connectivity index (χ1n) is 7.83. The molecule has 6 nitrogen and oxygen atoms in total. The minimum atomic E-state index is -2.94. The normalized spacial score (nSPS) is 29.1. The molecule has 2 atom stereocenters. The van der Waals surface area contributed by atoms with E-state index in [0.717, 1.165) is 6.42 Å². The van der Waals surface area contributed by atoms with Gasteiger partial charge in [-0.25, -0.2) is 13.2 Å². The van der Waals surface area contributed by atoms with Crippen LogP contribution >= 0.6 is 0 Å². The molecule has 1 saturated heterocycles. The van der Waals surface area contributed by atoms with Crippen LogP contribution in [0.25, 0.3) is 0 Å². The third-order valence-electron chi connectivity index (χ3n) is 4.37. The summed E-state index contributed by atoms with van der Waals surface area (Å²) < 4.78 is 28.4. The molecule has 2 aliphatic rings. The first-order valence-corrected chi connectivity index (χ1v) is 9.65. The molecule has 2 rings (SSSR count). The van der Waals surface area contributed by atoms with Crippen molar-refractivity contribution in [1.82, 2.24) is 10.2 Å². The van der Waals surface area contributed by atoms with Gasteiger partial charge in [-0.05, 0) is 18.8 Å². The second kappa shape index (κ2) is 7.45. The average Bonchev–Trinajstić information content (AvgIpc) is 2.45. The number of hydrogen-bond donors (Lipinski definition) is 1. The summed E-state index contributed by atoms with van der Waals surface area (Å²) in [6.07, 6.45) is 5.16. The molecule has 1 aliphatic carbocycles. The van der Waals surface area contributed by atoms with Crippen molar-refractivity contribution in [3.05, 3.63) is 0 Å². The monoisotopic (exact) mass is 318 g/mol. The summed E-state index contributed by atoms with van der Waals surface area (Å²) in [5, 5.41) is 2.80. The standard InChI is InChI=1S/C14H26N2O4S/c1-12-4-2-3-5-13(12)20-9-6-15-14(17)16-7-10-21(18,19)11-8-16/h12-13H,2-11H2,1H3,(H,15,17). The number of nitrogens with one attached hydrogen (secondary N) is 1. The highest BCUT2D eigenvalue weighted by Crippen LogP contribution is 2.25. The molecule has 0 aromatic heterocycles. The Morgan fingerprint density at radius 2 is 1.90 bits per heavy atom. The second-order valence-corrected chi connectivity index (χ2v) is 8.35. The quantitative estimate of drug-likeness (QED) is 0.785. The number of nitrogens with zero attached hydrogens (tertiary/aromatic N) is 1. The van der Waals surface area contributed by atoms with Crippen molar-refractivity contribution < 1.29 is 17.9 Å². The molecule has 0 radical (unpaired) electrons. The largest absolute Gasteiger partial charge is 0.376 e. The first-order chi connectivity index (χ1) is 9.98. The maximum atomic E-state index is 11.9. The first kappa shape index (κ1) is 16.5. The number of hydrogen-bond acceptors (Lipinski definition) is 4. The Morgan fingerprint density at radius 1 is 1.24 bits per heavy atom. The van der Waals surface area contributed by atoms with Gasteiger partial charge in [-0.2, -0.15) is 0 Å². The van der Waals surface area contributed by atoms with E-state index < -0.39 is 9.84 Å². The third-order valence-corrected chi connectivity index (χ3v) is 5.98. The van der Waals surface area contributed by atoms with E-state index in [-0.39, 0.29) is 30.6 Å². The summed E-state index contributed by atoms with van der Waals surface area (Å²) >= 11 is 0. The van der Waals surface area contributed by atoms with Gasteiger partial charge in [0.15, 0.2) is 9.84 Å². The highest BCUT2D eigenvalue weighted by molar-refractivity contribution is 7.91. The van der Waals surface area contributed by atoms with E-state index in [0.29, 0.717) is 25.2 Å². The molecule has 2 fully saturated rings. The summed E-state index contributed by atoms with van der Waals surface area (Å²) in [5.41, 5.74) is 0. The van der Waals surface area contributed by atoms with Gasteiger partial charge in [0.1, 0.15) is 0 Å². The fraction of sp³-hybridized carbons (Fsp3) is 0.929. The summed E-state index contributed by atoms with van der Waals surface area (Å²) in [6, 6.07) is -0.190. The molecule has 122 valence electrons. The molecule has 7 heteroatoms. The molecular formula is C14H26N2O4S. The lowest BCUT2D eigenvalue weighted by atomic mass is 9.88. The fourth-order valence-corrected chi connectivity index (χ4v) is 4.13. The van der Waals surface area contributed by atoms with E-state index in [1.165, 1.54) is 19.3 Å². The van der Waals surface area contributed by atoms with E-state index in [4.69, 9.17) is 4.74 Å². The Kier molecular flexibility index (Phi) is 5.87. The van der Waals surface area contributed by atoms with Crippen molar-refractivity contribution in [3.63, 3.8) is 0 Å². The Balaban J connectivity index is 1.61. The van der Waals surface area contributed by atoms with Gasteiger partial charge >= 0.3 is 6.03 Å². The van der Waals surface area contributed by atoms with Gasteiger partial charge in [0.05, 0.1) is 24.2 Å². The molecule has 0 aromatic rings. The van der Waals surface area contributed by atoms with E-state index in [1.807, 2.05) is 0 Å². The smallest absolute Gasteiger partial charge is 0.317 e. The van der Waals surface area contributed by atoms with E-state index >= 15 is 0 Å². The molecule has 1 N–H and O–H groups in total. The number of carbonyl (C=O) groups excluding carboxylic acids is 1. The molecule has 0 spiro atoms. The van der Waals surface area contributed by atoms with Crippen LogP contribution in [0.5, 0.6) is 0 Å². The van der Waals surface area contributed by atoms with Crippen LogP contribution in [0.4, 0.5) is 4.79 Å². The Bertz CT molecular complexity index is 438. The number of ether oxygens (including phenoxy) is 1. The van der Waals surface area contributed by atoms with E-state index in [2.05, 4.69) is 12.2 Å². The van der Waals surface area contributed by atoms with Gasteiger partial charge in [0.2, 0.25) is 0 Å². The van der Waals surface area contributed by atoms with Gasteiger partial charge in [-0.15, -0.1) is 0 Å². The van der Waals surface area contributed by atoms with Crippen LogP contribution in [0.3, 0.4) is 0 Å². The van der Waals surface area contributed by atoms with Crippen molar-refractivity contribution in [2.45, 2.75) is 38.7 Å². The van der Waals surface area contributed by atoms with Gasteiger partial charge in [0, 0.05) is 19.6 Å². The van der Waals surface area contributed by atoms with Crippen LogP contribution in [-0.4, -0.2) is 63.2 Å². The minimum Gasteiger partial charge on any atom is -0.376 e.